The van der Waals surface area contributed by atoms with Crippen molar-refractivity contribution >= 4 is 28.6 Å². The third-order valence-electron chi connectivity index (χ3n) is 4.55. The summed E-state index contributed by atoms with van der Waals surface area (Å²) in [5.41, 5.74) is 2.47. The third kappa shape index (κ3) is 3.85. The number of benzene rings is 1. The van der Waals surface area contributed by atoms with Gasteiger partial charge in [0.05, 0.1) is 5.52 Å². The van der Waals surface area contributed by atoms with Crippen LogP contribution in [0.2, 0.25) is 0 Å². The van der Waals surface area contributed by atoms with Crippen molar-refractivity contribution < 1.29 is 9.53 Å². The van der Waals surface area contributed by atoms with E-state index in [0.29, 0.717) is 13.0 Å². The number of carbonyl (C=O) groups excluding carboxylic acids is 1. The van der Waals surface area contributed by atoms with Gasteiger partial charge < -0.3 is 20.4 Å². The Bertz CT molecular complexity index is 860. The van der Waals surface area contributed by atoms with Crippen LogP contribution in [0, 0.1) is 11.3 Å². The summed E-state index contributed by atoms with van der Waals surface area (Å²) in [7, 11) is 3.85. The number of amides is 1. The number of nitrogens with one attached hydrogen (secondary N) is 2. The molecular formula is C20H24N4O2. The molecule has 6 nitrogen and oxygen atoms in total. The molecule has 3 rings (SSSR count). The quantitative estimate of drug-likeness (QED) is 0.784. The molecule has 2 aromatic rings. The van der Waals surface area contributed by atoms with Crippen molar-refractivity contribution in [2.24, 2.45) is 5.92 Å². The number of pyridine rings is 1. The molecule has 1 amide bonds. The van der Waals surface area contributed by atoms with E-state index in [4.69, 9.17) is 10.1 Å². The molecule has 0 saturated carbocycles. The van der Waals surface area contributed by atoms with Gasteiger partial charge in [-0.05, 0) is 36.8 Å². The lowest BCUT2D eigenvalue weighted by molar-refractivity contribution is -0.119. The molecule has 2 atom stereocenters. The predicted molar refractivity (Wildman–Crippen MR) is 103 cm³/mol. The number of rotatable bonds is 6. The topological polar surface area (TPSA) is 78.3 Å². The average molecular weight is 352 g/mol. The number of ether oxygens (including phenoxy) is 1. The van der Waals surface area contributed by atoms with Crippen LogP contribution in [0.4, 0.5) is 0 Å². The molecule has 0 spiro atoms. The zero-order valence-corrected chi connectivity index (χ0v) is 15.3. The molecule has 0 unspecified atom stereocenters. The van der Waals surface area contributed by atoms with E-state index in [9.17, 15) is 4.79 Å². The molecule has 2 N–H and O–H groups in total. The van der Waals surface area contributed by atoms with Crippen LogP contribution in [0.15, 0.2) is 36.7 Å². The standard InChI is InChI=1S/C20H24N4O2/c1-13(15-9-20(25)23-11-15)26-19-8-14(16(10-21)12-24(2)3)7-18-17(19)5-4-6-22-18/h4-8,10,12-13,15,21H,9,11H2,1-3H3,(H,23,25)/b16-12+,21-10?/t13-,15-/m1/s1. The SMILES string of the molecule is C[C@@H](Oc1cc(/C(C=N)=C/N(C)C)cc2ncccc12)[C@H]1CNC(=O)C1. The number of aromatic nitrogens is 1. The van der Waals surface area contributed by atoms with Gasteiger partial charge in [-0.3, -0.25) is 9.78 Å². The zero-order valence-electron chi connectivity index (χ0n) is 15.3. The van der Waals surface area contributed by atoms with Crippen LogP contribution in [0.25, 0.3) is 16.5 Å². The lowest BCUT2D eigenvalue weighted by Gasteiger charge is -2.21. The number of allylic oxidation sites excluding steroid dienone is 1. The fraction of sp³-hybridized carbons (Fsp3) is 0.350. The number of carbonyl (C=O) groups is 1. The van der Waals surface area contributed by atoms with Gasteiger partial charge in [0.15, 0.2) is 0 Å². The molecule has 136 valence electrons. The zero-order chi connectivity index (χ0) is 18.7. The first-order chi connectivity index (χ1) is 12.5. The summed E-state index contributed by atoms with van der Waals surface area (Å²) in [5.74, 6) is 0.951. The molecule has 0 bridgehead atoms. The molecule has 1 saturated heterocycles. The fourth-order valence-corrected chi connectivity index (χ4v) is 3.14. The van der Waals surface area contributed by atoms with Gasteiger partial charge in [-0.1, -0.05) is 0 Å². The second-order valence-electron chi connectivity index (χ2n) is 6.83. The normalized spacial score (nSPS) is 18.5. The first-order valence-corrected chi connectivity index (χ1v) is 8.69. The number of nitrogens with zero attached hydrogens (tertiary/aromatic N) is 2. The van der Waals surface area contributed by atoms with Gasteiger partial charge in [0, 0.05) is 62.5 Å². The summed E-state index contributed by atoms with van der Waals surface area (Å²) in [4.78, 5) is 17.9. The molecule has 0 radical (unpaired) electrons. The van der Waals surface area contributed by atoms with Crippen molar-refractivity contribution in [3.8, 4) is 5.75 Å². The van der Waals surface area contributed by atoms with E-state index in [-0.39, 0.29) is 17.9 Å². The van der Waals surface area contributed by atoms with E-state index < -0.39 is 0 Å². The summed E-state index contributed by atoms with van der Waals surface area (Å²) in [6.45, 7) is 2.63. The monoisotopic (exact) mass is 352 g/mol. The molecule has 1 aliphatic rings. The van der Waals surface area contributed by atoms with Crippen LogP contribution in [0.3, 0.4) is 0 Å². The van der Waals surface area contributed by atoms with Gasteiger partial charge in [-0.2, -0.15) is 0 Å². The first-order valence-electron chi connectivity index (χ1n) is 8.69. The van der Waals surface area contributed by atoms with Crippen LogP contribution in [0.1, 0.15) is 18.9 Å². The Morgan fingerprint density at radius 2 is 2.27 bits per heavy atom. The van der Waals surface area contributed by atoms with Crippen LogP contribution >= 0.6 is 0 Å². The highest BCUT2D eigenvalue weighted by atomic mass is 16.5. The predicted octanol–water partition coefficient (Wildman–Crippen LogP) is 2.69. The summed E-state index contributed by atoms with van der Waals surface area (Å²) in [6, 6.07) is 7.78. The first kappa shape index (κ1) is 17.9. The molecule has 1 aliphatic heterocycles. The molecule has 1 aromatic heterocycles. The Morgan fingerprint density at radius 3 is 2.92 bits per heavy atom. The number of fused-ring (bicyclic) bond motifs is 1. The second kappa shape index (κ2) is 7.56. The highest BCUT2D eigenvalue weighted by Gasteiger charge is 2.28. The van der Waals surface area contributed by atoms with Crippen LogP contribution in [-0.2, 0) is 4.79 Å². The van der Waals surface area contributed by atoms with Gasteiger partial charge in [0.1, 0.15) is 11.9 Å². The van der Waals surface area contributed by atoms with E-state index in [1.54, 1.807) is 6.20 Å². The largest absolute Gasteiger partial charge is 0.490 e. The molecule has 2 heterocycles. The van der Waals surface area contributed by atoms with Gasteiger partial charge in [-0.15, -0.1) is 0 Å². The highest BCUT2D eigenvalue weighted by Crippen LogP contribution is 2.31. The van der Waals surface area contributed by atoms with Crippen molar-refractivity contribution in [3.63, 3.8) is 0 Å². The Hall–Kier alpha value is -2.89. The Labute approximate surface area is 153 Å². The number of hydrogen-bond acceptors (Lipinski definition) is 5. The summed E-state index contributed by atoms with van der Waals surface area (Å²) >= 11 is 0. The van der Waals surface area contributed by atoms with E-state index in [1.165, 1.54) is 6.21 Å². The molecule has 6 heteroatoms. The summed E-state index contributed by atoms with van der Waals surface area (Å²) in [6.07, 6.45) is 5.36. The van der Waals surface area contributed by atoms with Crippen molar-refractivity contribution in [2.75, 3.05) is 20.6 Å². The van der Waals surface area contributed by atoms with E-state index in [2.05, 4.69) is 10.3 Å². The van der Waals surface area contributed by atoms with E-state index in [1.807, 2.05) is 56.4 Å². The maximum atomic E-state index is 11.5. The molecule has 26 heavy (non-hydrogen) atoms. The Balaban J connectivity index is 2.00. The smallest absolute Gasteiger partial charge is 0.220 e. The highest BCUT2D eigenvalue weighted by molar-refractivity contribution is 6.09. The lowest BCUT2D eigenvalue weighted by Crippen LogP contribution is -2.25. The summed E-state index contributed by atoms with van der Waals surface area (Å²) in [5, 5.41) is 11.5. The average Bonchev–Trinajstić information content (AvgIpc) is 3.06. The Kier molecular flexibility index (Phi) is 5.21. The number of hydrogen-bond donors (Lipinski definition) is 2. The van der Waals surface area contributed by atoms with Crippen LogP contribution in [-0.4, -0.2) is 48.7 Å². The van der Waals surface area contributed by atoms with Crippen molar-refractivity contribution in [3.05, 3.63) is 42.2 Å². The van der Waals surface area contributed by atoms with Gasteiger partial charge >= 0.3 is 0 Å². The fourth-order valence-electron chi connectivity index (χ4n) is 3.14. The van der Waals surface area contributed by atoms with Crippen LogP contribution < -0.4 is 10.1 Å². The van der Waals surface area contributed by atoms with Crippen molar-refractivity contribution in [1.29, 1.82) is 5.41 Å². The maximum absolute atomic E-state index is 11.5. The molecule has 0 aliphatic carbocycles. The summed E-state index contributed by atoms with van der Waals surface area (Å²) < 4.78 is 6.25. The van der Waals surface area contributed by atoms with Crippen molar-refractivity contribution in [1.82, 2.24) is 15.2 Å². The molecule has 1 aromatic carbocycles. The maximum Gasteiger partial charge on any atom is 0.220 e. The minimum Gasteiger partial charge on any atom is -0.490 e. The van der Waals surface area contributed by atoms with Gasteiger partial charge in [0.2, 0.25) is 5.91 Å². The van der Waals surface area contributed by atoms with Gasteiger partial charge in [0.25, 0.3) is 0 Å². The third-order valence-corrected chi connectivity index (χ3v) is 4.55. The minimum absolute atomic E-state index is 0.0748. The van der Waals surface area contributed by atoms with E-state index >= 15 is 0 Å². The second-order valence-corrected chi connectivity index (χ2v) is 6.83. The minimum atomic E-state index is -0.103. The molecule has 1 fully saturated rings. The van der Waals surface area contributed by atoms with Gasteiger partial charge in [-0.25, -0.2) is 0 Å². The Morgan fingerprint density at radius 1 is 1.46 bits per heavy atom. The van der Waals surface area contributed by atoms with Crippen LogP contribution in [0.5, 0.6) is 5.75 Å². The molecular weight excluding hydrogens is 328 g/mol. The lowest BCUT2D eigenvalue weighted by atomic mass is 10.0. The van der Waals surface area contributed by atoms with E-state index in [0.717, 1.165) is 27.8 Å². The van der Waals surface area contributed by atoms with Crippen molar-refractivity contribution in [2.45, 2.75) is 19.4 Å².